The van der Waals surface area contributed by atoms with Crippen LogP contribution in [0.15, 0.2) is 47.4 Å². The van der Waals surface area contributed by atoms with Crippen LogP contribution < -0.4 is 0 Å². The molecule has 0 radical (unpaired) electrons. The van der Waals surface area contributed by atoms with Gasteiger partial charge in [-0.05, 0) is 23.8 Å². The molecular formula is C13H10ClNO3S. The first-order valence-corrected chi connectivity index (χ1v) is 6.78. The number of para-hydroxylation sites is 1. The van der Waals surface area contributed by atoms with Gasteiger partial charge < -0.3 is 5.11 Å². The predicted molar refractivity (Wildman–Crippen MR) is 75.8 cm³/mol. The molecule has 0 bridgehead atoms. The van der Waals surface area contributed by atoms with E-state index in [0.717, 1.165) is 10.5 Å². The highest BCUT2D eigenvalue weighted by atomic mass is 35.5. The Labute approximate surface area is 119 Å². The number of phenols is 1. The van der Waals surface area contributed by atoms with E-state index in [2.05, 4.69) is 0 Å². The van der Waals surface area contributed by atoms with Gasteiger partial charge >= 0.3 is 0 Å². The number of nitro benzene ring substituents is 1. The Morgan fingerprint density at radius 2 is 2.00 bits per heavy atom. The van der Waals surface area contributed by atoms with Crippen molar-refractivity contribution in [3.05, 3.63) is 63.2 Å². The Balaban J connectivity index is 2.12. The standard InChI is InChI=1S/C13H10ClNO3S/c14-11-7-10(15(17)18)6-5-9(11)8-19-13-4-2-1-3-12(13)16/h1-7,16H,8H2. The minimum absolute atomic E-state index is 0.0266. The molecule has 0 saturated carbocycles. The third kappa shape index (κ3) is 3.39. The van der Waals surface area contributed by atoms with Gasteiger partial charge in [-0.2, -0.15) is 0 Å². The number of non-ortho nitro benzene ring substituents is 1. The van der Waals surface area contributed by atoms with Crippen molar-refractivity contribution < 1.29 is 10.0 Å². The maximum atomic E-state index is 10.6. The van der Waals surface area contributed by atoms with Crippen LogP contribution in [0.5, 0.6) is 5.75 Å². The number of thioether (sulfide) groups is 1. The minimum atomic E-state index is -0.480. The molecule has 0 aliphatic rings. The summed E-state index contributed by atoms with van der Waals surface area (Å²) in [5.74, 6) is 0.750. The zero-order valence-corrected chi connectivity index (χ0v) is 11.3. The topological polar surface area (TPSA) is 63.4 Å². The Kier molecular flexibility index (Phi) is 4.29. The maximum Gasteiger partial charge on any atom is 0.270 e. The third-order valence-electron chi connectivity index (χ3n) is 2.50. The maximum absolute atomic E-state index is 10.6. The van der Waals surface area contributed by atoms with Crippen LogP contribution in [0.2, 0.25) is 5.02 Å². The van der Waals surface area contributed by atoms with E-state index < -0.39 is 4.92 Å². The molecule has 0 aromatic heterocycles. The van der Waals surface area contributed by atoms with Crippen molar-refractivity contribution in [3.8, 4) is 5.75 Å². The third-order valence-corrected chi connectivity index (χ3v) is 3.96. The van der Waals surface area contributed by atoms with Gasteiger partial charge in [0.25, 0.3) is 5.69 Å². The second-order valence-corrected chi connectivity index (χ2v) is 5.21. The number of halogens is 1. The summed E-state index contributed by atoms with van der Waals surface area (Å²) in [6.45, 7) is 0. The molecule has 0 aliphatic carbocycles. The summed E-state index contributed by atoms with van der Waals surface area (Å²) < 4.78 is 0. The fourth-order valence-corrected chi connectivity index (χ4v) is 2.78. The van der Waals surface area contributed by atoms with E-state index in [1.165, 1.54) is 23.9 Å². The molecule has 0 atom stereocenters. The van der Waals surface area contributed by atoms with Gasteiger partial charge in [0.2, 0.25) is 0 Å². The number of nitro groups is 1. The quantitative estimate of drug-likeness (QED) is 0.520. The smallest absolute Gasteiger partial charge is 0.270 e. The van der Waals surface area contributed by atoms with Gasteiger partial charge in [0.1, 0.15) is 5.75 Å². The number of hydrogen-bond donors (Lipinski definition) is 1. The molecule has 2 aromatic carbocycles. The zero-order chi connectivity index (χ0) is 13.8. The lowest BCUT2D eigenvalue weighted by Gasteiger charge is -2.05. The highest BCUT2D eigenvalue weighted by molar-refractivity contribution is 7.98. The van der Waals surface area contributed by atoms with Crippen LogP contribution >= 0.6 is 23.4 Å². The molecule has 19 heavy (non-hydrogen) atoms. The second kappa shape index (κ2) is 5.95. The molecule has 0 amide bonds. The van der Waals surface area contributed by atoms with Crippen molar-refractivity contribution in [3.63, 3.8) is 0 Å². The molecule has 98 valence electrons. The number of phenolic OH excluding ortho intramolecular Hbond substituents is 1. The highest BCUT2D eigenvalue weighted by Crippen LogP contribution is 2.33. The van der Waals surface area contributed by atoms with Crippen molar-refractivity contribution in [2.45, 2.75) is 10.6 Å². The van der Waals surface area contributed by atoms with Crippen molar-refractivity contribution in [2.75, 3.05) is 0 Å². The summed E-state index contributed by atoms with van der Waals surface area (Å²) in [5, 5.41) is 20.6. The number of rotatable bonds is 4. The summed E-state index contributed by atoms with van der Waals surface area (Å²) in [6, 6.07) is 11.4. The Hall–Kier alpha value is -1.72. The van der Waals surface area contributed by atoms with Crippen LogP contribution in [0.3, 0.4) is 0 Å². The first kappa shape index (κ1) is 13.7. The first-order chi connectivity index (χ1) is 9.08. The number of hydrogen-bond acceptors (Lipinski definition) is 4. The molecule has 6 heteroatoms. The van der Waals surface area contributed by atoms with E-state index >= 15 is 0 Å². The monoisotopic (exact) mass is 295 g/mol. The summed E-state index contributed by atoms with van der Waals surface area (Å²) in [7, 11) is 0. The minimum Gasteiger partial charge on any atom is -0.507 e. The van der Waals surface area contributed by atoms with E-state index in [1.54, 1.807) is 24.3 Å². The fraction of sp³-hybridized carbons (Fsp3) is 0.0769. The van der Waals surface area contributed by atoms with E-state index in [-0.39, 0.29) is 11.4 Å². The van der Waals surface area contributed by atoms with Crippen molar-refractivity contribution in [1.82, 2.24) is 0 Å². The lowest BCUT2D eigenvalue weighted by molar-refractivity contribution is -0.384. The van der Waals surface area contributed by atoms with Gasteiger partial charge in [0, 0.05) is 22.8 Å². The first-order valence-electron chi connectivity index (χ1n) is 5.41. The van der Waals surface area contributed by atoms with Crippen molar-refractivity contribution in [2.24, 2.45) is 0 Å². The normalized spacial score (nSPS) is 10.4. The largest absolute Gasteiger partial charge is 0.507 e. The molecule has 0 aliphatic heterocycles. The molecule has 0 spiro atoms. The lowest BCUT2D eigenvalue weighted by Crippen LogP contribution is -1.90. The molecule has 2 aromatic rings. The van der Waals surface area contributed by atoms with Crippen LogP contribution in [0.25, 0.3) is 0 Å². The average Bonchev–Trinajstić information content (AvgIpc) is 2.39. The molecule has 4 nitrogen and oxygen atoms in total. The van der Waals surface area contributed by atoms with Gasteiger partial charge in [0.05, 0.1) is 9.95 Å². The summed E-state index contributed by atoms with van der Waals surface area (Å²) in [4.78, 5) is 10.9. The van der Waals surface area contributed by atoms with E-state index in [9.17, 15) is 15.2 Å². The second-order valence-electron chi connectivity index (χ2n) is 3.79. The molecule has 0 saturated heterocycles. The Bertz CT molecular complexity index is 619. The van der Waals surface area contributed by atoms with Gasteiger partial charge in [0.15, 0.2) is 0 Å². The highest BCUT2D eigenvalue weighted by Gasteiger charge is 2.10. The number of aromatic hydroxyl groups is 1. The summed E-state index contributed by atoms with van der Waals surface area (Å²) in [5.41, 5.74) is 0.766. The van der Waals surface area contributed by atoms with E-state index in [4.69, 9.17) is 11.6 Å². The van der Waals surface area contributed by atoms with Crippen molar-refractivity contribution in [1.29, 1.82) is 0 Å². The SMILES string of the molecule is O=[N+]([O-])c1ccc(CSc2ccccc2O)c(Cl)c1. The van der Waals surface area contributed by atoms with Crippen LogP contribution in [0.4, 0.5) is 5.69 Å². The summed E-state index contributed by atoms with van der Waals surface area (Å²) >= 11 is 7.42. The average molecular weight is 296 g/mol. The Morgan fingerprint density at radius 3 is 2.63 bits per heavy atom. The number of benzene rings is 2. The Morgan fingerprint density at radius 1 is 1.26 bits per heavy atom. The van der Waals surface area contributed by atoms with Crippen LogP contribution in [0, 0.1) is 10.1 Å². The molecule has 2 rings (SSSR count). The van der Waals surface area contributed by atoms with Crippen LogP contribution in [-0.4, -0.2) is 10.0 Å². The van der Waals surface area contributed by atoms with Crippen molar-refractivity contribution >= 4 is 29.1 Å². The zero-order valence-electron chi connectivity index (χ0n) is 9.75. The van der Waals surface area contributed by atoms with Gasteiger partial charge in [-0.1, -0.05) is 23.7 Å². The lowest BCUT2D eigenvalue weighted by atomic mass is 10.2. The van der Waals surface area contributed by atoms with Gasteiger partial charge in [-0.15, -0.1) is 11.8 Å². The summed E-state index contributed by atoms with van der Waals surface area (Å²) in [6.07, 6.45) is 0. The molecular weight excluding hydrogens is 286 g/mol. The molecule has 0 fully saturated rings. The van der Waals surface area contributed by atoms with Gasteiger partial charge in [-0.3, -0.25) is 10.1 Å². The molecule has 0 unspecified atom stereocenters. The predicted octanol–water partition coefficient (Wildman–Crippen LogP) is 4.25. The van der Waals surface area contributed by atoms with Crippen LogP contribution in [-0.2, 0) is 5.75 Å². The van der Waals surface area contributed by atoms with E-state index in [0.29, 0.717) is 10.8 Å². The number of nitrogens with zero attached hydrogens (tertiary/aromatic N) is 1. The van der Waals surface area contributed by atoms with Gasteiger partial charge in [-0.25, -0.2) is 0 Å². The van der Waals surface area contributed by atoms with Crippen LogP contribution in [0.1, 0.15) is 5.56 Å². The molecule has 1 N–H and O–H groups in total. The molecule has 0 heterocycles. The van der Waals surface area contributed by atoms with E-state index in [1.807, 2.05) is 6.07 Å². The fourth-order valence-electron chi connectivity index (χ4n) is 1.50.